The molecule has 9 heteroatoms. The Hall–Kier alpha value is -1.61. The molecule has 0 saturated heterocycles. The Kier molecular flexibility index (Phi) is 9.36. The van der Waals surface area contributed by atoms with Crippen molar-refractivity contribution in [3.63, 3.8) is 0 Å². The number of benzene rings is 1. The van der Waals surface area contributed by atoms with Gasteiger partial charge in [-0.2, -0.15) is 13.2 Å². The van der Waals surface area contributed by atoms with Crippen molar-refractivity contribution in [2.45, 2.75) is 68.7 Å². The number of unbranched alkanes of at least 4 members (excludes halogenated alkanes) is 2. The van der Waals surface area contributed by atoms with Crippen molar-refractivity contribution in [2.24, 2.45) is 0 Å². The van der Waals surface area contributed by atoms with Crippen LogP contribution in [0.4, 0.5) is 13.2 Å². The van der Waals surface area contributed by atoms with Crippen molar-refractivity contribution >= 4 is 38.3 Å². The van der Waals surface area contributed by atoms with Crippen molar-refractivity contribution in [3.8, 4) is 0 Å². The van der Waals surface area contributed by atoms with Crippen molar-refractivity contribution in [1.82, 2.24) is 4.98 Å². The average Bonchev–Trinajstić information content (AvgIpc) is 2.69. The van der Waals surface area contributed by atoms with Crippen LogP contribution in [0.5, 0.6) is 0 Å². The molecule has 1 aromatic carbocycles. The number of nitrogens with zero attached hydrogens (tertiary/aromatic N) is 1. The number of carbonyl (C=O) groups excluding carboxylic acids is 1. The van der Waals surface area contributed by atoms with E-state index in [0.29, 0.717) is 60.1 Å². The summed E-state index contributed by atoms with van der Waals surface area (Å²) in [5.41, 5.74) is -0.611. The van der Waals surface area contributed by atoms with Crippen LogP contribution < -0.4 is 0 Å². The van der Waals surface area contributed by atoms with Crippen LogP contribution >= 0.6 is 11.8 Å². The molecule has 0 fully saturated rings. The molecule has 0 spiro atoms. The standard InChI is InChI=1S/C22H28F3NO3S2/c1-16(2)31(28,29)14-7-3-4-9-17(27)10-8-13-30-20-15-21(22(23,24)25)26-19-12-6-5-11-18(19)20/h5-6,11-12,15-16H,3-4,7-10,13-14H2,1-2H3. The molecule has 0 bridgehead atoms. The van der Waals surface area contributed by atoms with Crippen molar-refractivity contribution in [3.05, 3.63) is 36.0 Å². The normalized spacial score (nSPS) is 12.6. The Labute approximate surface area is 185 Å². The van der Waals surface area contributed by atoms with E-state index in [1.165, 1.54) is 11.8 Å². The fourth-order valence-corrected chi connectivity index (χ4v) is 5.13. The van der Waals surface area contributed by atoms with Crippen LogP contribution in [0.1, 0.15) is 58.1 Å². The van der Waals surface area contributed by atoms with Crippen LogP contribution in [0.2, 0.25) is 0 Å². The number of halogens is 3. The third kappa shape index (κ3) is 8.11. The van der Waals surface area contributed by atoms with Crippen molar-refractivity contribution in [2.75, 3.05) is 11.5 Å². The Balaban J connectivity index is 1.77. The Morgan fingerprint density at radius 1 is 1.06 bits per heavy atom. The lowest BCUT2D eigenvalue weighted by Crippen LogP contribution is -2.17. The summed E-state index contributed by atoms with van der Waals surface area (Å²) in [7, 11) is -3.03. The number of Topliss-reactive ketones (excluding diaryl/α,β-unsaturated/α-hetero) is 1. The predicted molar refractivity (Wildman–Crippen MR) is 119 cm³/mol. The van der Waals surface area contributed by atoms with Crippen LogP contribution in [-0.4, -0.2) is 35.9 Å². The summed E-state index contributed by atoms with van der Waals surface area (Å²) >= 11 is 1.30. The van der Waals surface area contributed by atoms with Gasteiger partial charge < -0.3 is 0 Å². The first-order valence-electron chi connectivity index (χ1n) is 10.3. The zero-order chi connectivity index (χ0) is 23.1. The highest BCUT2D eigenvalue weighted by Gasteiger charge is 2.33. The molecule has 0 radical (unpaired) electrons. The van der Waals surface area contributed by atoms with E-state index in [4.69, 9.17) is 0 Å². The maximum atomic E-state index is 13.1. The first kappa shape index (κ1) is 25.6. The number of rotatable bonds is 12. The molecule has 0 amide bonds. The predicted octanol–water partition coefficient (Wildman–Crippen LogP) is 6.08. The molecular weight excluding hydrogens is 447 g/mol. The highest BCUT2D eigenvalue weighted by Crippen LogP contribution is 2.35. The zero-order valence-electron chi connectivity index (χ0n) is 17.7. The lowest BCUT2D eigenvalue weighted by atomic mass is 10.1. The van der Waals surface area contributed by atoms with E-state index in [9.17, 15) is 26.4 Å². The molecule has 0 unspecified atom stereocenters. The van der Waals surface area contributed by atoms with Gasteiger partial charge >= 0.3 is 6.18 Å². The molecule has 4 nitrogen and oxygen atoms in total. The number of pyridine rings is 1. The smallest absolute Gasteiger partial charge is 0.300 e. The van der Waals surface area contributed by atoms with Gasteiger partial charge in [-0.15, -0.1) is 11.8 Å². The third-order valence-corrected chi connectivity index (χ3v) is 8.36. The summed E-state index contributed by atoms with van der Waals surface area (Å²) < 4.78 is 62.8. The Morgan fingerprint density at radius 2 is 1.74 bits per heavy atom. The lowest BCUT2D eigenvalue weighted by molar-refractivity contribution is -0.141. The zero-order valence-corrected chi connectivity index (χ0v) is 19.4. The molecule has 172 valence electrons. The van der Waals surface area contributed by atoms with Crippen LogP contribution in [0, 0.1) is 0 Å². The van der Waals surface area contributed by atoms with Crippen LogP contribution in [0.3, 0.4) is 0 Å². The van der Waals surface area contributed by atoms with Gasteiger partial charge in [0.05, 0.1) is 16.5 Å². The highest BCUT2D eigenvalue weighted by atomic mass is 32.2. The summed E-state index contributed by atoms with van der Waals surface area (Å²) in [5, 5.41) is 0.291. The minimum atomic E-state index is -4.51. The van der Waals surface area contributed by atoms with Gasteiger partial charge in [-0.05, 0) is 51.0 Å². The van der Waals surface area contributed by atoms with Crippen LogP contribution in [-0.2, 0) is 20.8 Å². The molecule has 0 atom stereocenters. The number of aromatic nitrogens is 1. The van der Waals surface area contributed by atoms with Crippen molar-refractivity contribution < 1.29 is 26.4 Å². The molecule has 1 aromatic heterocycles. The molecule has 31 heavy (non-hydrogen) atoms. The second-order valence-corrected chi connectivity index (χ2v) is 11.6. The number of alkyl halides is 3. The Morgan fingerprint density at radius 3 is 2.42 bits per heavy atom. The molecule has 0 aliphatic heterocycles. The second-order valence-electron chi connectivity index (χ2n) is 7.74. The molecule has 0 N–H and O–H groups in total. The second kappa shape index (κ2) is 11.3. The minimum Gasteiger partial charge on any atom is -0.300 e. The fourth-order valence-electron chi connectivity index (χ4n) is 3.02. The maximum absolute atomic E-state index is 13.1. The largest absolute Gasteiger partial charge is 0.433 e. The Bertz CT molecular complexity index is 989. The van der Waals surface area contributed by atoms with E-state index in [2.05, 4.69) is 4.98 Å². The van der Waals surface area contributed by atoms with E-state index in [1.807, 2.05) is 0 Å². The third-order valence-electron chi connectivity index (χ3n) is 4.93. The summed E-state index contributed by atoms with van der Waals surface area (Å²) in [6.07, 6.45) is -1.26. The van der Waals surface area contributed by atoms with Crippen LogP contribution in [0.15, 0.2) is 35.2 Å². The van der Waals surface area contributed by atoms with Gasteiger partial charge in [0.2, 0.25) is 0 Å². The molecule has 2 aromatic rings. The molecule has 0 aliphatic rings. The number of thioether (sulfide) groups is 1. The van der Waals surface area contributed by atoms with E-state index < -0.39 is 21.7 Å². The lowest BCUT2D eigenvalue weighted by Gasteiger charge is -2.11. The van der Waals surface area contributed by atoms with E-state index in [1.54, 1.807) is 38.1 Å². The number of para-hydroxylation sites is 1. The molecule has 0 aliphatic carbocycles. The average molecular weight is 476 g/mol. The molecular formula is C22H28F3NO3S2. The maximum Gasteiger partial charge on any atom is 0.433 e. The summed E-state index contributed by atoms with van der Waals surface area (Å²) in [6, 6.07) is 7.79. The topological polar surface area (TPSA) is 64.1 Å². The van der Waals surface area contributed by atoms with Gasteiger partial charge in [0, 0.05) is 23.1 Å². The number of hydrogen-bond acceptors (Lipinski definition) is 5. The first-order valence-corrected chi connectivity index (χ1v) is 13.0. The summed E-state index contributed by atoms with van der Waals surface area (Å²) in [6.45, 7) is 3.32. The quantitative estimate of drug-likeness (QED) is 0.275. The van der Waals surface area contributed by atoms with Gasteiger partial charge in [-0.1, -0.05) is 24.6 Å². The molecule has 2 rings (SSSR count). The number of ketones is 1. The summed E-state index contributed by atoms with van der Waals surface area (Å²) in [4.78, 5) is 16.3. The monoisotopic (exact) mass is 475 g/mol. The number of sulfone groups is 1. The van der Waals surface area contributed by atoms with E-state index >= 15 is 0 Å². The van der Waals surface area contributed by atoms with E-state index in [-0.39, 0.29) is 16.8 Å². The molecule has 1 heterocycles. The van der Waals surface area contributed by atoms with E-state index in [0.717, 1.165) is 6.07 Å². The van der Waals surface area contributed by atoms with Gasteiger partial charge in [0.1, 0.15) is 11.5 Å². The number of fused-ring (bicyclic) bond motifs is 1. The van der Waals surface area contributed by atoms with Crippen molar-refractivity contribution in [1.29, 1.82) is 0 Å². The van der Waals surface area contributed by atoms with Gasteiger partial charge in [-0.25, -0.2) is 13.4 Å². The highest BCUT2D eigenvalue weighted by molar-refractivity contribution is 7.99. The van der Waals surface area contributed by atoms with Gasteiger partial charge in [0.15, 0.2) is 9.84 Å². The summed E-state index contributed by atoms with van der Waals surface area (Å²) in [5.74, 6) is 0.779. The SMILES string of the molecule is CC(C)S(=O)(=O)CCCCCC(=O)CCCSc1cc(C(F)(F)F)nc2ccccc12. The minimum absolute atomic E-state index is 0.0999. The first-order chi connectivity index (χ1) is 14.5. The number of hydrogen-bond donors (Lipinski definition) is 0. The van der Waals surface area contributed by atoms with Gasteiger partial charge in [-0.3, -0.25) is 4.79 Å². The number of carbonyl (C=O) groups is 1. The fraction of sp³-hybridized carbons (Fsp3) is 0.545. The van der Waals surface area contributed by atoms with Gasteiger partial charge in [0.25, 0.3) is 0 Å². The molecule has 0 saturated carbocycles. The van der Waals surface area contributed by atoms with Crippen LogP contribution in [0.25, 0.3) is 10.9 Å².